The minimum absolute atomic E-state index is 0.00994. The number of carbonyl (C=O) groups is 1. The van der Waals surface area contributed by atoms with Crippen molar-refractivity contribution in [1.82, 2.24) is 10.2 Å². The Morgan fingerprint density at radius 3 is 2.42 bits per heavy atom. The van der Waals surface area contributed by atoms with Gasteiger partial charge in [0, 0.05) is 32.2 Å². The summed E-state index contributed by atoms with van der Waals surface area (Å²) in [6.07, 6.45) is 4.54. The summed E-state index contributed by atoms with van der Waals surface area (Å²) in [7, 11) is 0. The number of rotatable bonds is 2. The summed E-state index contributed by atoms with van der Waals surface area (Å²) in [6.45, 7) is 10.1. The molecule has 4 nitrogen and oxygen atoms in total. The Balaban J connectivity index is 2.00. The zero-order chi connectivity index (χ0) is 13.9. The van der Waals surface area contributed by atoms with Gasteiger partial charge in [0.05, 0.1) is 5.92 Å². The van der Waals surface area contributed by atoms with Gasteiger partial charge in [0.1, 0.15) is 5.60 Å². The molecule has 2 rings (SSSR count). The van der Waals surface area contributed by atoms with Crippen LogP contribution in [0.1, 0.15) is 46.5 Å². The van der Waals surface area contributed by atoms with Gasteiger partial charge in [-0.3, -0.25) is 9.69 Å². The molecule has 1 saturated carbocycles. The fourth-order valence-corrected chi connectivity index (χ4v) is 3.21. The number of ether oxygens (including phenoxy) is 1. The summed E-state index contributed by atoms with van der Waals surface area (Å²) in [5, 5.41) is 3.38. The van der Waals surface area contributed by atoms with Gasteiger partial charge < -0.3 is 10.1 Å². The molecule has 1 N–H and O–H groups in total. The highest BCUT2D eigenvalue weighted by Crippen LogP contribution is 2.30. The van der Waals surface area contributed by atoms with E-state index in [1.807, 2.05) is 20.8 Å². The third-order valence-electron chi connectivity index (χ3n) is 4.06. The molecule has 1 aliphatic carbocycles. The van der Waals surface area contributed by atoms with Crippen LogP contribution >= 0.6 is 0 Å². The summed E-state index contributed by atoms with van der Waals surface area (Å²) in [6, 6.07) is 0.394. The summed E-state index contributed by atoms with van der Waals surface area (Å²) in [5.74, 6) is 0.0850. The highest BCUT2D eigenvalue weighted by molar-refractivity contribution is 5.73. The summed E-state index contributed by atoms with van der Waals surface area (Å²) in [4.78, 5) is 14.9. The molecule has 2 fully saturated rings. The van der Waals surface area contributed by atoms with Gasteiger partial charge in [0.2, 0.25) is 0 Å². The molecule has 2 aliphatic rings. The van der Waals surface area contributed by atoms with Crippen LogP contribution in [0.5, 0.6) is 0 Å². The average molecular weight is 268 g/mol. The number of hydrogen-bond donors (Lipinski definition) is 1. The van der Waals surface area contributed by atoms with Gasteiger partial charge in [-0.1, -0.05) is 12.8 Å². The first-order valence-electron chi connectivity index (χ1n) is 7.65. The summed E-state index contributed by atoms with van der Waals surface area (Å²) < 4.78 is 5.62. The van der Waals surface area contributed by atoms with Crippen molar-refractivity contribution in [1.29, 1.82) is 0 Å². The average Bonchev–Trinajstić information content (AvgIpc) is 2.38. The Morgan fingerprint density at radius 1 is 1.16 bits per heavy atom. The number of nitrogens with zero attached hydrogens (tertiary/aromatic N) is 1. The predicted molar refractivity (Wildman–Crippen MR) is 76.0 cm³/mol. The lowest BCUT2D eigenvalue weighted by Gasteiger charge is -2.41. The molecule has 1 saturated heterocycles. The topological polar surface area (TPSA) is 41.6 Å². The van der Waals surface area contributed by atoms with Crippen molar-refractivity contribution in [3.8, 4) is 0 Å². The molecular weight excluding hydrogens is 240 g/mol. The molecule has 0 aromatic rings. The molecule has 0 radical (unpaired) electrons. The molecule has 0 spiro atoms. The fraction of sp³-hybridized carbons (Fsp3) is 0.933. The molecule has 1 heterocycles. The standard InChI is InChI=1S/C15H28N2O2/c1-15(2,3)19-14(18)12-6-4-5-7-13(12)17-10-8-16-9-11-17/h12-13,16H,4-11H2,1-3H3/t12-,13-/m0/s1. The minimum Gasteiger partial charge on any atom is -0.460 e. The number of hydrogen-bond acceptors (Lipinski definition) is 4. The van der Waals surface area contributed by atoms with E-state index in [2.05, 4.69) is 10.2 Å². The van der Waals surface area contributed by atoms with Crippen molar-refractivity contribution in [3.63, 3.8) is 0 Å². The van der Waals surface area contributed by atoms with Gasteiger partial charge in [-0.25, -0.2) is 0 Å². The largest absolute Gasteiger partial charge is 0.460 e. The lowest BCUT2D eigenvalue weighted by molar-refractivity contribution is -0.164. The molecule has 19 heavy (non-hydrogen) atoms. The van der Waals surface area contributed by atoms with Crippen LogP contribution in [0.4, 0.5) is 0 Å². The van der Waals surface area contributed by atoms with Crippen molar-refractivity contribution in [3.05, 3.63) is 0 Å². The normalized spacial score (nSPS) is 30.1. The lowest BCUT2D eigenvalue weighted by atomic mass is 9.83. The molecule has 0 aromatic carbocycles. The second-order valence-corrected chi connectivity index (χ2v) is 6.78. The van der Waals surface area contributed by atoms with E-state index in [0.717, 1.165) is 45.4 Å². The third-order valence-corrected chi connectivity index (χ3v) is 4.06. The van der Waals surface area contributed by atoms with E-state index in [-0.39, 0.29) is 17.5 Å². The maximum Gasteiger partial charge on any atom is 0.311 e. The maximum absolute atomic E-state index is 12.4. The number of carbonyl (C=O) groups excluding carboxylic acids is 1. The quantitative estimate of drug-likeness (QED) is 0.775. The minimum atomic E-state index is -0.372. The Morgan fingerprint density at radius 2 is 1.79 bits per heavy atom. The van der Waals surface area contributed by atoms with Gasteiger partial charge in [-0.15, -0.1) is 0 Å². The zero-order valence-electron chi connectivity index (χ0n) is 12.6. The first kappa shape index (κ1) is 14.8. The first-order chi connectivity index (χ1) is 8.97. The second-order valence-electron chi connectivity index (χ2n) is 6.78. The second kappa shape index (κ2) is 6.23. The highest BCUT2D eigenvalue weighted by atomic mass is 16.6. The van der Waals surface area contributed by atoms with E-state index in [4.69, 9.17) is 4.74 Å². The van der Waals surface area contributed by atoms with E-state index in [1.165, 1.54) is 6.42 Å². The molecule has 0 bridgehead atoms. The van der Waals surface area contributed by atoms with Crippen LogP contribution in [0.3, 0.4) is 0 Å². The van der Waals surface area contributed by atoms with Crippen LogP contribution < -0.4 is 5.32 Å². The van der Waals surface area contributed by atoms with Gasteiger partial charge in [-0.2, -0.15) is 0 Å². The Hall–Kier alpha value is -0.610. The number of esters is 1. The predicted octanol–water partition coefficient (Wildman–Crippen LogP) is 1.79. The molecule has 4 heteroatoms. The fourth-order valence-electron chi connectivity index (χ4n) is 3.21. The van der Waals surface area contributed by atoms with Crippen LogP contribution in [0, 0.1) is 5.92 Å². The molecule has 0 aromatic heterocycles. The maximum atomic E-state index is 12.4. The van der Waals surface area contributed by atoms with Crippen molar-refractivity contribution in [2.45, 2.75) is 58.1 Å². The van der Waals surface area contributed by atoms with Crippen LogP contribution in [-0.2, 0) is 9.53 Å². The SMILES string of the molecule is CC(C)(C)OC(=O)[C@H]1CCCC[C@@H]1N1CCNCC1. The van der Waals surface area contributed by atoms with Gasteiger partial charge in [-0.05, 0) is 33.6 Å². The van der Waals surface area contributed by atoms with E-state index < -0.39 is 0 Å². The van der Waals surface area contributed by atoms with E-state index in [0.29, 0.717) is 6.04 Å². The summed E-state index contributed by atoms with van der Waals surface area (Å²) >= 11 is 0. The Bertz CT molecular complexity index is 306. The summed E-state index contributed by atoms with van der Waals surface area (Å²) in [5.41, 5.74) is -0.372. The highest BCUT2D eigenvalue weighted by Gasteiger charge is 2.37. The van der Waals surface area contributed by atoms with E-state index in [1.54, 1.807) is 0 Å². The Kier molecular flexibility index (Phi) is 4.85. The van der Waals surface area contributed by atoms with E-state index in [9.17, 15) is 4.79 Å². The monoisotopic (exact) mass is 268 g/mol. The first-order valence-corrected chi connectivity index (χ1v) is 7.65. The van der Waals surface area contributed by atoms with Crippen LogP contribution in [0.2, 0.25) is 0 Å². The molecule has 0 amide bonds. The van der Waals surface area contributed by atoms with Crippen molar-refractivity contribution in [2.75, 3.05) is 26.2 Å². The molecule has 1 aliphatic heterocycles. The Labute approximate surface area is 116 Å². The molecule has 0 unspecified atom stereocenters. The van der Waals surface area contributed by atoms with E-state index >= 15 is 0 Å². The van der Waals surface area contributed by atoms with Crippen molar-refractivity contribution < 1.29 is 9.53 Å². The molecule has 110 valence electrons. The van der Waals surface area contributed by atoms with Crippen molar-refractivity contribution >= 4 is 5.97 Å². The van der Waals surface area contributed by atoms with Gasteiger partial charge >= 0.3 is 5.97 Å². The molecule has 2 atom stereocenters. The van der Waals surface area contributed by atoms with Crippen LogP contribution in [-0.4, -0.2) is 48.7 Å². The van der Waals surface area contributed by atoms with Crippen LogP contribution in [0.25, 0.3) is 0 Å². The van der Waals surface area contributed by atoms with Crippen molar-refractivity contribution in [2.24, 2.45) is 5.92 Å². The lowest BCUT2D eigenvalue weighted by Crippen LogP contribution is -2.53. The van der Waals surface area contributed by atoms with Crippen LogP contribution in [0.15, 0.2) is 0 Å². The number of nitrogens with one attached hydrogen (secondary N) is 1. The smallest absolute Gasteiger partial charge is 0.311 e. The number of piperazine rings is 1. The molecular formula is C15H28N2O2. The third kappa shape index (κ3) is 4.18. The zero-order valence-corrected chi connectivity index (χ0v) is 12.6. The van der Waals surface area contributed by atoms with Gasteiger partial charge in [0.25, 0.3) is 0 Å². The van der Waals surface area contributed by atoms with Gasteiger partial charge in [0.15, 0.2) is 0 Å².